The van der Waals surface area contributed by atoms with Gasteiger partial charge < -0.3 is 10.2 Å². The first-order valence-corrected chi connectivity index (χ1v) is 7.90. The van der Waals surface area contributed by atoms with Crippen LogP contribution in [0.5, 0.6) is 0 Å². The molecule has 0 radical (unpaired) electrons. The molecule has 3 rings (SSSR count). The number of nitrogens with one attached hydrogen (secondary N) is 1. The number of pyridine rings is 1. The maximum Gasteiger partial charge on any atom is 0.0571 e. The van der Waals surface area contributed by atoms with Gasteiger partial charge in [-0.05, 0) is 58.5 Å². The molecule has 3 heterocycles. The molecule has 20 heavy (non-hydrogen) atoms. The SMILES string of the molecule is CNC(C)c1ccc(N2CCC(N3CCCC3)C2)cn1. The second kappa shape index (κ2) is 6.10. The second-order valence-corrected chi connectivity index (χ2v) is 6.08. The molecule has 1 N–H and O–H groups in total. The summed E-state index contributed by atoms with van der Waals surface area (Å²) in [4.78, 5) is 9.76. The Balaban J connectivity index is 1.62. The minimum Gasteiger partial charge on any atom is -0.369 e. The third-order valence-corrected chi connectivity index (χ3v) is 4.83. The predicted octanol–water partition coefficient (Wildman–Crippen LogP) is 2.04. The minimum absolute atomic E-state index is 0.319. The highest BCUT2D eigenvalue weighted by Crippen LogP contribution is 2.25. The van der Waals surface area contributed by atoms with E-state index >= 15 is 0 Å². The van der Waals surface area contributed by atoms with E-state index in [0.717, 1.165) is 11.7 Å². The summed E-state index contributed by atoms with van der Waals surface area (Å²) in [5.41, 5.74) is 2.39. The lowest BCUT2D eigenvalue weighted by Crippen LogP contribution is -2.35. The summed E-state index contributed by atoms with van der Waals surface area (Å²) in [7, 11) is 1.97. The van der Waals surface area contributed by atoms with E-state index < -0.39 is 0 Å². The Kier molecular flexibility index (Phi) is 4.22. The summed E-state index contributed by atoms with van der Waals surface area (Å²) >= 11 is 0. The van der Waals surface area contributed by atoms with Crippen LogP contribution in [-0.2, 0) is 0 Å². The highest BCUT2D eigenvalue weighted by Gasteiger charge is 2.29. The molecule has 2 atom stereocenters. The summed E-state index contributed by atoms with van der Waals surface area (Å²) in [5.74, 6) is 0. The monoisotopic (exact) mass is 274 g/mol. The highest BCUT2D eigenvalue weighted by molar-refractivity contribution is 5.46. The number of nitrogens with zero attached hydrogens (tertiary/aromatic N) is 3. The fraction of sp³-hybridized carbons (Fsp3) is 0.688. The average molecular weight is 274 g/mol. The molecule has 0 aromatic carbocycles. The van der Waals surface area contributed by atoms with Crippen molar-refractivity contribution in [3.63, 3.8) is 0 Å². The molecule has 2 aliphatic rings. The van der Waals surface area contributed by atoms with Crippen molar-refractivity contribution in [2.75, 3.05) is 38.1 Å². The Hall–Kier alpha value is -1.13. The lowest BCUT2D eigenvalue weighted by Gasteiger charge is -2.24. The second-order valence-electron chi connectivity index (χ2n) is 6.08. The first-order chi connectivity index (χ1) is 9.78. The summed E-state index contributed by atoms with van der Waals surface area (Å²) in [6.45, 7) is 7.08. The Bertz CT molecular complexity index is 425. The van der Waals surface area contributed by atoms with Gasteiger partial charge in [-0.25, -0.2) is 0 Å². The van der Waals surface area contributed by atoms with E-state index in [2.05, 4.69) is 39.2 Å². The molecule has 2 aliphatic heterocycles. The van der Waals surface area contributed by atoms with Gasteiger partial charge in [0.25, 0.3) is 0 Å². The summed E-state index contributed by atoms with van der Waals surface area (Å²) < 4.78 is 0. The zero-order chi connectivity index (χ0) is 13.9. The number of hydrogen-bond donors (Lipinski definition) is 1. The van der Waals surface area contributed by atoms with E-state index in [-0.39, 0.29) is 0 Å². The normalized spacial score (nSPS) is 25.3. The van der Waals surface area contributed by atoms with Crippen molar-refractivity contribution < 1.29 is 0 Å². The molecule has 0 bridgehead atoms. The van der Waals surface area contributed by atoms with Crippen LogP contribution in [0.4, 0.5) is 5.69 Å². The van der Waals surface area contributed by atoms with Crippen molar-refractivity contribution in [1.82, 2.24) is 15.2 Å². The van der Waals surface area contributed by atoms with Gasteiger partial charge in [0.1, 0.15) is 0 Å². The molecule has 2 fully saturated rings. The van der Waals surface area contributed by atoms with Crippen molar-refractivity contribution in [2.45, 2.75) is 38.3 Å². The zero-order valence-electron chi connectivity index (χ0n) is 12.7. The highest BCUT2D eigenvalue weighted by atomic mass is 15.3. The van der Waals surface area contributed by atoms with Crippen LogP contribution in [-0.4, -0.2) is 49.2 Å². The molecule has 2 saturated heterocycles. The number of aromatic nitrogens is 1. The molecule has 1 aromatic rings. The molecule has 1 aromatic heterocycles. The smallest absolute Gasteiger partial charge is 0.0571 e. The van der Waals surface area contributed by atoms with Gasteiger partial charge in [0.2, 0.25) is 0 Å². The van der Waals surface area contributed by atoms with E-state index in [1.165, 1.54) is 51.1 Å². The molecule has 2 unspecified atom stereocenters. The molecule has 4 heteroatoms. The van der Waals surface area contributed by atoms with Crippen LogP contribution in [0.25, 0.3) is 0 Å². The van der Waals surface area contributed by atoms with Crippen LogP contribution in [0.15, 0.2) is 18.3 Å². The van der Waals surface area contributed by atoms with Crippen molar-refractivity contribution in [1.29, 1.82) is 0 Å². The van der Waals surface area contributed by atoms with Crippen LogP contribution in [0, 0.1) is 0 Å². The summed E-state index contributed by atoms with van der Waals surface area (Å²) in [6.07, 6.45) is 6.10. The van der Waals surface area contributed by atoms with Gasteiger partial charge in [0, 0.05) is 25.2 Å². The predicted molar refractivity (Wildman–Crippen MR) is 83.1 cm³/mol. The number of anilines is 1. The topological polar surface area (TPSA) is 31.4 Å². The fourth-order valence-electron chi connectivity index (χ4n) is 3.37. The molecule has 110 valence electrons. The van der Waals surface area contributed by atoms with Gasteiger partial charge in [0.05, 0.1) is 17.6 Å². The largest absolute Gasteiger partial charge is 0.369 e. The average Bonchev–Trinajstić information content (AvgIpc) is 3.17. The number of rotatable bonds is 4. The van der Waals surface area contributed by atoms with Gasteiger partial charge in [-0.1, -0.05) is 0 Å². The van der Waals surface area contributed by atoms with Crippen molar-refractivity contribution in [3.8, 4) is 0 Å². The third-order valence-electron chi connectivity index (χ3n) is 4.83. The Labute approximate surface area is 122 Å². The number of likely N-dealkylation sites (tertiary alicyclic amines) is 1. The molecule has 0 saturated carbocycles. The molecule has 0 aliphatic carbocycles. The molecule has 0 amide bonds. The number of hydrogen-bond acceptors (Lipinski definition) is 4. The van der Waals surface area contributed by atoms with Crippen LogP contribution < -0.4 is 10.2 Å². The van der Waals surface area contributed by atoms with Gasteiger partial charge in [-0.15, -0.1) is 0 Å². The quantitative estimate of drug-likeness (QED) is 0.910. The first kappa shape index (κ1) is 13.8. The van der Waals surface area contributed by atoms with E-state index in [9.17, 15) is 0 Å². The van der Waals surface area contributed by atoms with Crippen LogP contribution in [0.1, 0.15) is 37.9 Å². The Morgan fingerprint density at radius 3 is 2.70 bits per heavy atom. The fourth-order valence-corrected chi connectivity index (χ4v) is 3.37. The molecular weight excluding hydrogens is 248 g/mol. The van der Waals surface area contributed by atoms with Gasteiger partial charge in [0.15, 0.2) is 0 Å². The van der Waals surface area contributed by atoms with Crippen molar-refractivity contribution >= 4 is 5.69 Å². The Morgan fingerprint density at radius 1 is 1.25 bits per heavy atom. The van der Waals surface area contributed by atoms with Crippen LogP contribution >= 0.6 is 0 Å². The maximum absolute atomic E-state index is 4.60. The molecular formula is C16H26N4. The van der Waals surface area contributed by atoms with Crippen molar-refractivity contribution in [2.24, 2.45) is 0 Å². The lowest BCUT2D eigenvalue weighted by atomic mass is 10.2. The maximum atomic E-state index is 4.60. The molecule has 4 nitrogen and oxygen atoms in total. The standard InChI is InChI=1S/C16H26N4/c1-13(17-2)16-6-5-14(11-18-16)20-10-7-15(12-20)19-8-3-4-9-19/h5-6,11,13,15,17H,3-4,7-10,12H2,1-2H3. The minimum atomic E-state index is 0.319. The van der Waals surface area contributed by atoms with Crippen LogP contribution in [0.3, 0.4) is 0 Å². The summed E-state index contributed by atoms with van der Waals surface area (Å²) in [5, 5.41) is 3.23. The van der Waals surface area contributed by atoms with E-state index in [1.807, 2.05) is 13.2 Å². The van der Waals surface area contributed by atoms with E-state index in [4.69, 9.17) is 0 Å². The zero-order valence-corrected chi connectivity index (χ0v) is 12.7. The first-order valence-electron chi connectivity index (χ1n) is 7.90. The van der Waals surface area contributed by atoms with E-state index in [0.29, 0.717) is 6.04 Å². The molecule has 0 spiro atoms. The third kappa shape index (κ3) is 2.81. The van der Waals surface area contributed by atoms with Gasteiger partial charge >= 0.3 is 0 Å². The Morgan fingerprint density at radius 2 is 2.05 bits per heavy atom. The van der Waals surface area contributed by atoms with Gasteiger partial charge in [-0.3, -0.25) is 9.88 Å². The lowest BCUT2D eigenvalue weighted by molar-refractivity contribution is 0.260. The van der Waals surface area contributed by atoms with Crippen molar-refractivity contribution in [3.05, 3.63) is 24.0 Å². The van der Waals surface area contributed by atoms with Crippen LogP contribution in [0.2, 0.25) is 0 Å². The van der Waals surface area contributed by atoms with Gasteiger partial charge in [-0.2, -0.15) is 0 Å². The summed E-state index contributed by atoms with van der Waals surface area (Å²) in [6, 6.07) is 5.45. The van der Waals surface area contributed by atoms with E-state index in [1.54, 1.807) is 0 Å².